The Hall–Kier alpha value is -1.34. The molecule has 0 radical (unpaired) electrons. The molecule has 1 saturated heterocycles. The number of benzene rings is 2. The molecule has 0 aliphatic carbocycles. The van der Waals surface area contributed by atoms with Gasteiger partial charge in [-0.05, 0) is 28.8 Å². The molecule has 0 bridgehead atoms. The van der Waals surface area contributed by atoms with E-state index in [1.165, 1.54) is 29.2 Å². The lowest BCUT2D eigenvalue weighted by molar-refractivity contribution is 0.365. The maximum absolute atomic E-state index is 5.69. The van der Waals surface area contributed by atoms with Crippen LogP contribution >= 0.6 is 0 Å². The number of hydrogen-bond acceptors (Lipinski definition) is 1. The normalized spacial score (nSPS) is 23.6. The Morgan fingerprint density at radius 1 is 1.06 bits per heavy atom. The molecule has 82 valence electrons. The molecular formula is C15H16O. The summed E-state index contributed by atoms with van der Waals surface area (Å²) in [4.78, 5) is 0. The third-order valence-electron chi connectivity index (χ3n) is 3.26. The van der Waals surface area contributed by atoms with E-state index in [1.54, 1.807) is 0 Å². The fourth-order valence-electron chi connectivity index (χ4n) is 2.32. The third-order valence-corrected chi connectivity index (χ3v) is 3.26. The molecule has 1 aliphatic rings. The molecule has 0 amide bonds. The standard InChI is InChI=1S/C15H16O/c1-2-5-14-15(16-14)13-9-8-11-6-3-4-7-12(11)10-13/h3-4,6-10,14-15H,2,5H2,1H3/t14-,15+/m0/s1. The van der Waals surface area contributed by atoms with Gasteiger partial charge in [0.25, 0.3) is 0 Å². The average Bonchev–Trinajstić information content (AvgIpc) is 3.08. The van der Waals surface area contributed by atoms with Crippen LogP contribution in [0.5, 0.6) is 0 Å². The van der Waals surface area contributed by atoms with Crippen LogP contribution < -0.4 is 0 Å². The molecule has 1 nitrogen and oxygen atoms in total. The first kappa shape index (κ1) is 9.86. The van der Waals surface area contributed by atoms with Gasteiger partial charge < -0.3 is 4.74 Å². The maximum atomic E-state index is 5.69. The molecule has 0 saturated carbocycles. The first-order valence-electron chi connectivity index (χ1n) is 6.02. The second-order valence-electron chi connectivity index (χ2n) is 4.49. The smallest absolute Gasteiger partial charge is 0.109 e. The van der Waals surface area contributed by atoms with Crippen molar-refractivity contribution in [2.45, 2.75) is 32.0 Å². The van der Waals surface area contributed by atoms with Gasteiger partial charge in [0.2, 0.25) is 0 Å². The van der Waals surface area contributed by atoms with Crippen LogP contribution in [-0.2, 0) is 4.74 Å². The average molecular weight is 212 g/mol. The molecule has 2 aromatic carbocycles. The zero-order valence-electron chi connectivity index (χ0n) is 9.52. The van der Waals surface area contributed by atoms with Crippen LogP contribution in [0.3, 0.4) is 0 Å². The van der Waals surface area contributed by atoms with Gasteiger partial charge >= 0.3 is 0 Å². The highest BCUT2D eigenvalue weighted by molar-refractivity contribution is 5.83. The number of rotatable bonds is 3. The Kier molecular flexibility index (Phi) is 2.41. The van der Waals surface area contributed by atoms with Crippen molar-refractivity contribution in [1.29, 1.82) is 0 Å². The summed E-state index contributed by atoms with van der Waals surface area (Å²) in [6.45, 7) is 2.21. The molecule has 0 unspecified atom stereocenters. The fourth-order valence-corrected chi connectivity index (χ4v) is 2.32. The molecule has 1 heterocycles. The Morgan fingerprint density at radius 3 is 2.69 bits per heavy atom. The lowest BCUT2D eigenvalue weighted by atomic mass is 10.0. The van der Waals surface area contributed by atoms with Gasteiger partial charge in [-0.1, -0.05) is 49.7 Å². The van der Waals surface area contributed by atoms with E-state index in [2.05, 4.69) is 49.4 Å². The van der Waals surface area contributed by atoms with Crippen molar-refractivity contribution in [1.82, 2.24) is 0 Å². The minimum Gasteiger partial charge on any atom is -0.365 e. The number of hydrogen-bond donors (Lipinski definition) is 0. The van der Waals surface area contributed by atoms with Crippen LogP contribution in [-0.4, -0.2) is 6.10 Å². The van der Waals surface area contributed by atoms with Crippen molar-refractivity contribution in [2.75, 3.05) is 0 Å². The number of epoxide rings is 1. The zero-order valence-corrected chi connectivity index (χ0v) is 9.52. The zero-order chi connectivity index (χ0) is 11.0. The van der Waals surface area contributed by atoms with E-state index in [9.17, 15) is 0 Å². The summed E-state index contributed by atoms with van der Waals surface area (Å²) >= 11 is 0. The fraction of sp³-hybridized carbons (Fsp3) is 0.333. The Bertz CT molecular complexity index is 504. The summed E-state index contributed by atoms with van der Waals surface area (Å²) < 4.78 is 5.69. The summed E-state index contributed by atoms with van der Waals surface area (Å²) in [5, 5.41) is 2.62. The van der Waals surface area contributed by atoms with Crippen LogP contribution in [0.4, 0.5) is 0 Å². The SMILES string of the molecule is CCC[C@@H]1O[C@@H]1c1ccc2ccccc2c1. The molecule has 2 atom stereocenters. The molecule has 3 rings (SSSR count). The Balaban J connectivity index is 1.89. The summed E-state index contributed by atoms with van der Waals surface area (Å²) in [5.41, 5.74) is 1.33. The van der Waals surface area contributed by atoms with Crippen LogP contribution in [0.2, 0.25) is 0 Å². The van der Waals surface area contributed by atoms with E-state index in [0.29, 0.717) is 12.2 Å². The highest BCUT2D eigenvalue weighted by Crippen LogP contribution is 2.41. The largest absolute Gasteiger partial charge is 0.365 e. The van der Waals surface area contributed by atoms with E-state index in [4.69, 9.17) is 4.74 Å². The molecule has 1 heteroatoms. The van der Waals surface area contributed by atoms with E-state index >= 15 is 0 Å². The van der Waals surface area contributed by atoms with Crippen molar-refractivity contribution in [3.05, 3.63) is 48.0 Å². The summed E-state index contributed by atoms with van der Waals surface area (Å²) in [5.74, 6) is 0. The van der Waals surface area contributed by atoms with Crippen LogP contribution in [0.25, 0.3) is 10.8 Å². The topological polar surface area (TPSA) is 12.5 Å². The lowest BCUT2D eigenvalue weighted by Gasteiger charge is -2.00. The van der Waals surface area contributed by atoms with Gasteiger partial charge in [-0.25, -0.2) is 0 Å². The van der Waals surface area contributed by atoms with Crippen molar-refractivity contribution < 1.29 is 4.74 Å². The Labute approximate surface area is 96.0 Å². The summed E-state index contributed by atoms with van der Waals surface area (Å²) in [7, 11) is 0. The minimum atomic E-state index is 0.351. The molecule has 0 N–H and O–H groups in total. The van der Waals surface area contributed by atoms with Gasteiger partial charge in [-0.15, -0.1) is 0 Å². The van der Waals surface area contributed by atoms with E-state index in [0.717, 1.165) is 0 Å². The first-order valence-corrected chi connectivity index (χ1v) is 6.02. The predicted octanol–water partition coefficient (Wildman–Crippen LogP) is 4.08. The first-order chi connectivity index (χ1) is 7.88. The third kappa shape index (κ3) is 1.72. The van der Waals surface area contributed by atoms with Crippen LogP contribution in [0.15, 0.2) is 42.5 Å². The van der Waals surface area contributed by atoms with Crippen molar-refractivity contribution in [2.24, 2.45) is 0 Å². The Morgan fingerprint density at radius 2 is 1.88 bits per heavy atom. The lowest BCUT2D eigenvalue weighted by Crippen LogP contribution is -1.88. The van der Waals surface area contributed by atoms with Gasteiger partial charge in [0.15, 0.2) is 0 Å². The highest BCUT2D eigenvalue weighted by Gasteiger charge is 2.38. The van der Waals surface area contributed by atoms with Crippen LogP contribution in [0, 0.1) is 0 Å². The molecule has 1 fully saturated rings. The monoisotopic (exact) mass is 212 g/mol. The van der Waals surface area contributed by atoms with Gasteiger partial charge in [0.05, 0.1) is 6.10 Å². The molecule has 16 heavy (non-hydrogen) atoms. The van der Waals surface area contributed by atoms with Crippen molar-refractivity contribution in [3.63, 3.8) is 0 Å². The maximum Gasteiger partial charge on any atom is 0.109 e. The molecular weight excluding hydrogens is 196 g/mol. The summed E-state index contributed by atoms with van der Waals surface area (Å²) in [6.07, 6.45) is 3.20. The van der Waals surface area contributed by atoms with Gasteiger partial charge in [-0.3, -0.25) is 0 Å². The predicted molar refractivity (Wildman–Crippen MR) is 66.5 cm³/mol. The van der Waals surface area contributed by atoms with Crippen molar-refractivity contribution >= 4 is 10.8 Å². The van der Waals surface area contributed by atoms with Gasteiger partial charge in [-0.2, -0.15) is 0 Å². The van der Waals surface area contributed by atoms with E-state index < -0.39 is 0 Å². The second-order valence-corrected chi connectivity index (χ2v) is 4.49. The minimum absolute atomic E-state index is 0.351. The highest BCUT2D eigenvalue weighted by atomic mass is 16.6. The molecule has 0 spiro atoms. The quantitative estimate of drug-likeness (QED) is 0.698. The van der Waals surface area contributed by atoms with Gasteiger partial charge in [0.1, 0.15) is 6.10 Å². The van der Waals surface area contributed by atoms with Gasteiger partial charge in [0, 0.05) is 0 Å². The summed E-state index contributed by atoms with van der Waals surface area (Å²) in [6, 6.07) is 15.1. The molecule has 0 aromatic heterocycles. The second kappa shape index (κ2) is 3.91. The number of ether oxygens (including phenoxy) is 1. The molecule has 2 aromatic rings. The number of fused-ring (bicyclic) bond motifs is 1. The molecule has 1 aliphatic heterocycles. The van der Waals surface area contributed by atoms with Crippen molar-refractivity contribution in [3.8, 4) is 0 Å². The van der Waals surface area contributed by atoms with E-state index in [1.807, 2.05) is 0 Å². The van der Waals surface area contributed by atoms with E-state index in [-0.39, 0.29) is 0 Å². The van der Waals surface area contributed by atoms with Crippen LogP contribution in [0.1, 0.15) is 31.4 Å².